The molecule has 1 heterocycles. The molecule has 0 unspecified atom stereocenters. The Morgan fingerprint density at radius 1 is 1.43 bits per heavy atom. The van der Waals surface area contributed by atoms with Crippen LogP contribution in [0.3, 0.4) is 0 Å². The Hall–Kier alpha value is -3.47. The number of benzene rings is 1. The molecule has 0 radical (unpaired) electrons. The van der Waals surface area contributed by atoms with Crippen LogP contribution in [0.1, 0.15) is 6.92 Å². The third kappa shape index (κ3) is 4.82. The van der Waals surface area contributed by atoms with Crippen LogP contribution in [0, 0.1) is 10.1 Å². The minimum absolute atomic E-state index is 0.0533. The normalized spacial score (nSPS) is 15.3. The van der Waals surface area contributed by atoms with Gasteiger partial charge in [-0.2, -0.15) is 5.10 Å². The predicted octanol–water partition coefficient (Wildman–Crippen LogP) is 1.70. The summed E-state index contributed by atoms with van der Waals surface area (Å²) in [6, 6.07) is 4.15. The number of carbonyl (C=O) groups is 3. The molecule has 0 aliphatic carbocycles. The van der Waals surface area contributed by atoms with Gasteiger partial charge in [-0.25, -0.2) is 4.79 Å². The van der Waals surface area contributed by atoms with Crippen LogP contribution >= 0.6 is 12.6 Å². The van der Waals surface area contributed by atoms with Gasteiger partial charge in [-0.05, 0) is 25.1 Å². The Balaban J connectivity index is 2.22. The average molecular weight is 404 g/mol. The molecule has 0 saturated heterocycles. The summed E-state index contributed by atoms with van der Waals surface area (Å²) in [4.78, 5) is 47.6. The fraction of sp³-hybridized carbons (Fsp3) is 0.176. The number of anilines is 1. The van der Waals surface area contributed by atoms with E-state index in [4.69, 9.17) is 4.74 Å². The summed E-state index contributed by atoms with van der Waals surface area (Å²) in [7, 11) is 0. The lowest BCUT2D eigenvalue weighted by molar-refractivity contribution is -0.384. The molecular formula is C17H16N4O6S. The Labute approximate surface area is 165 Å². The molecule has 146 valence electrons. The number of carbonyl (C=O) groups excluding carboxylic acids is 3. The van der Waals surface area contributed by atoms with Gasteiger partial charge in [0.05, 0.1) is 11.5 Å². The zero-order valence-corrected chi connectivity index (χ0v) is 15.6. The molecule has 0 aromatic heterocycles. The number of ether oxygens (including phenoxy) is 1. The maximum Gasteiger partial charge on any atom is 0.330 e. The van der Waals surface area contributed by atoms with Gasteiger partial charge in [0.1, 0.15) is 18.0 Å². The maximum atomic E-state index is 12.5. The van der Waals surface area contributed by atoms with Gasteiger partial charge in [0, 0.05) is 22.6 Å². The van der Waals surface area contributed by atoms with Crippen molar-refractivity contribution in [3.05, 3.63) is 52.6 Å². The summed E-state index contributed by atoms with van der Waals surface area (Å²) in [6.07, 6.45) is 2.23. The van der Waals surface area contributed by atoms with Crippen LogP contribution in [0.25, 0.3) is 0 Å². The highest BCUT2D eigenvalue weighted by Crippen LogP contribution is 2.27. The first-order valence-corrected chi connectivity index (χ1v) is 8.34. The number of nitrogens with zero attached hydrogens (tertiary/aromatic N) is 3. The molecule has 1 N–H and O–H groups in total. The van der Waals surface area contributed by atoms with Gasteiger partial charge in [-0.3, -0.25) is 30.0 Å². The second-order valence-corrected chi connectivity index (χ2v) is 6.04. The first kappa shape index (κ1) is 20.8. The molecule has 0 atom stereocenters. The number of imide groups is 1. The van der Waals surface area contributed by atoms with E-state index >= 15 is 0 Å². The predicted molar refractivity (Wildman–Crippen MR) is 103 cm³/mol. The van der Waals surface area contributed by atoms with Crippen LogP contribution in [0.5, 0.6) is 0 Å². The zero-order chi connectivity index (χ0) is 20.8. The number of esters is 1. The van der Waals surface area contributed by atoms with Crippen LogP contribution in [0.2, 0.25) is 0 Å². The van der Waals surface area contributed by atoms with E-state index in [9.17, 15) is 24.5 Å². The average Bonchev–Trinajstić information content (AvgIpc) is 2.66. The van der Waals surface area contributed by atoms with Gasteiger partial charge >= 0.3 is 5.97 Å². The van der Waals surface area contributed by atoms with Crippen LogP contribution in [0.15, 0.2) is 52.5 Å². The second kappa shape index (κ2) is 8.95. The SMILES string of the molecule is C=CC(=O)OCCN1C(=O)C(C)=C/C(=N/Nc2ccc(S)cc2[N+](=O)[O-])C1=O. The highest BCUT2D eigenvalue weighted by molar-refractivity contribution is 7.80. The van der Waals surface area contributed by atoms with Crippen molar-refractivity contribution in [2.24, 2.45) is 5.10 Å². The fourth-order valence-electron chi connectivity index (χ4n) is 2.24. The Kier molecular flexibility index (Phi) is 6.66. The maximum absolute atomic E-state index is 12.5. The highest BCUT2D eigenvalue weighted by atomic mass is 32.1. The number of amides is 2. The van der Waals surface area contributed by atoms with Crippen molar-refractivity contribution in [3.63, 3.8) is 0 Å². The number of rotatable bonds is 7. The monoisotopic (exact) mass is 404 g/mol. The number of thiol groups is 1. The van der Waals surface area contributed by atoms with Crippen molar-refractivity contribution < 1.29 is 24.0 Å². The quantitative estimate of drug-likeness (QED) is 0.177. The number of hydrogen-bond donors (Lipinski definition) is 2. The van der Waals surface area contributed by atoms with Crippen molar-refractivity contribution in [3.8, 4) is 0 Å². The molecule has 0 saturated carbocycles. The van der Waals surface area contributed by atoms with E-state index in [-0.39, 0.29) is 35.8 Å². The Morgan fingerprint density at radius 2 is 2.14 bits per heavy atom. The summed E-state index contributed by atoms with van der Waals surface area (Å²) in [5, 5.41) is 15.0. The standard InChI is InChI=1S/C17H16N4O6S/c1-3-15(22)27-7-6-20-16(23)10(2)8-13(17(20)24)19-18-12-5-4-11(28)9-14(12)21(25)26/h3-5,8-9,18,28H,1,6-7H2,2H3/b19-13-. The van der Waals surface area contributed by atoms with E-state index in [0.29, 0.717) is 4.90 Å². The molecule has 0 spiro atoms. The molecule has 0 fully saturated rings. The largest absolute Gasteiger partial charge is 0.461 e. The Morgan fingerprint density at radius 3 is 2.79 bits per heavy atom. The van der Waals surface area contributed by atoms with E-state index in [1.807, 2.05) is 0 Å². The lowest BCUT2D eigenvalue weighted by Gasteiger charge is -2.24. The lowest BCUT2D eigenvalue weighted by atomic mass is 10.1. The van der Waals surface area contributed by atoms with Gasteiger partial charge in [0.25, 0.3) is 17.5 Å². The van der Waals surface area contributed by atoms with Crippen LogP contribution < -0.4 is 5.43 Å². The van der Waals surface area contributed by atoms with E-state index in [1.165, 1.54) is 31.2 Å². The van der Waals surface area contributed by atoms with E-state index in [2.05, 4.69) is 29.7 Å². The van der Waals surface area contributed by atoms with E-state index in [0.717, 1.165) is 11.0 Å². The van der Waals surface area contributed by atoms with Crippen molar-refractivity contribution in [1.82, 2.24) is 4.90 Å². The number of nitrogens with one attached hydrogen (secondary N) is 1. The lowest BCUT2D eigenvalue weighted by Crippen LogP contribution is -2.46. The first-order chi connectivity index (χ1) is 13.2. The van der Waals surface area contributed by atoms with Gasteiger partial charge in [-0.1, -0.05) is 6.58 Å². The molecule has 2 amide bonds. The highest BCUT2D eigenvalue weighted by Gasteiger charge is 2.31. The smallest absolute Gasteiger partial charge is 0.330 e. The summed E-state index contributed by atoms with van der Waals surface area (Å²) >= 11 is 4.05. The molecule has 1 aromatic carbocycles. The molecular weight excluding hydrogens is 388 g/mol. The van der Waals surface area contributed by atoms with Crippen LogP contribution in [-0.4, -0.2) is 46.5 Å². The number of hydrogen-bond acceptors (Lipinski definition) is 9. The van der Waals surface area contributed by atoms with Gasteiger partial charge < -0.3 is 4.74 Å². The summed E-state index contributed by atoms with van der Waals surface area (Å²) in [6.45, 7) is 4.36. The molecule has 2 rings (SSSR count). The van der Waals surface area contributed by atoms with Crippen molar-refractivity contribution >= 4 is 47.5 Å². The van der Waals surface area contributed by atoms with Gasteiger partial charge in [-0.15, -0.1) is 12.6 Å². The fourth-order valence-corrected chi connectivity index (χ4v) is 2.43. The molecule has 28 heavy (non-hydrogen) atoms. The minimum Gasteiger partial charge on any atom is -0.461 e. The van der Waals surface area contributed by atoms with Crippen molar-refractivity contribution in [2.45, 2.75) is 11.8 Å². The second-order valence-electron chi connectivity index (χ2n) is 5.53. The van der Waals surface area contributed by atoms with Crippen LogP contribution in [-0.2, 0) is 19.1 Å². The third-order valence-electron chi connectivity index (χ3n) is 3.60. The Bertz CT molecular complexity index is 924. The molecule has 10 nitrogen and oxygen atoms in total. The van der Waals surface area contributed by atoms with Crippen molar-refractivity contribution in [2.75, 3.05) is 18.6 Å². The molecule has 1 aliphatic rings. The molecule has 11 heteroatoms. The summed E-state index contributed by atoms with van der Waals surface area (Å²) in [5.41, 5.74) is 2.36. The molecule has 1 aliphatic heterocycles. The van der Waals surface area contributed by atoms with Gasteiger partial charge in [0.2, 0.25) is 0 Å². The van der Waals surface area contributed by atoms with Crippen molar-refractivity contribution in [1.29, 1.82) is 0 Å². The summed E-state index contributed by atoms with van der Waals surface area (Å²) in [5.74, 6) is -1.96. The van der Waals surface area contributed by atoms with Gasteiger partial charge in [0.15, 0.2) is 0 Å². The molecule has 0 bridgehead atoms. The minimum atomic E-state index is -0.730. The van der Waals surface area contributed by atoms with E-state index < -0.39 is 22.7 Å². The summed E-state index contributed by atoms with van der Waals surface area (Å²) < 4.78 is 4.78. The topological polar surface area (TPSA) is 131 Å². The third-order valence-corrected chi connectivity index (χ3v) is 3.88. The number of nitro groups is 1. The van der Waals surface area contributed by atoms with E-state index in [1.54, 1.807) is 0 Å². The number of nitro benzene ring substituents is 1. The molecule has 1 aromatic rings. The zero-order valence-electron chi connectivity index (χ0n) is 14.7. The first-order valence-electron chi connectivity index (χ1n) is 7.89. The van der Waals surface area contributed by atoms with Crippen LogP contribution in [0.4, 0.5) is 11.4 Å². The number of hydrazone groups is 1.